The second-order valence-corrected chi connectivity index (χ2v) is 6.03. The molecule has 1 aromatic carbocycles. The summed E-state index contributed by atoms with van der Waals surface area (Å²) in [6, 6.07) is 6.20. The molecule has 5 nitrogen and oxygen atoms in total. The van der Waals surface area contributed by atoms with Crippen LogP contribution in [-0.4, -0.2) is 26.8 Å². The van der Waals surface area contributed by atoms with Gasteiger partial charge in [-0.15, -0.1) is 0 Å². The van der Waals surface area contributed by atoms with Crippen LogP contribution in [0.15, 0.2) is 18.2 Å². The van der Waals surface area contributed by atoms with Crippen LogP contribution in [0, 0.1) is 13.8 Å². The minimum atomic E-state index is -0.0976. The fraction of sp³-hybridized carbons (Fsp3) is 0.333. The molecule has 0 amide bonds. The molecule has 110 valence electrons. The number of aliphatic hydroxyl groups excluding tert-OH is 1. The Labute approximate surface area is 126 Å². The lowest BCUT2D eigenvalue weighted by Crippen LogP contribution is -1.97. The number of aromatic nitrogens is 3. The van der Waals surface area contributed by atoms with Gasteiger partial charge in [-0.1, -0.05) is 23.5 Å². The lowest BCUT2D eigenvalue weighted by atomic mass is 10.0. The highest BCUT2D eigenvalue weighted by atomic mass is 32.1. The predicted molar refractivity (Wildman–Crippen MR) is 82.4 cm³/mol. The molecule has 0 bridgehead atoms. The Bertz CT molecular complexity index is 792. The third-order valence-corrected chi connectivity index (χ3v) is 4.42. The molecular weight excluding hydrogens is 286 g/mol. The minimum absolute atomic E-state index is 0.0976. The zero-order valence-corrected chi connectivity index (χ0v) is 13.1. The highest BCUT2D eigenvalue weighted by molar-refractivity contribution is 7.16. The van der Waals surface area contributed by atoms with Gasteiger partial charge in [-0.25, -0.2) is 9.50 Å². The molecule has 0 atom stereocenters. The number of hydrogen-bond donors (Lipinski definition) is 1. The van der Waals surface area contributed by atoms with Crippen molar-refractivity contribution in [2.24, 2.45) is 0 Å². The monoisotopic (exact) mass is 303 g/mol. The van der Waals surface area contributed by atoms with Crippen LogP contribution in [0.5, 0.6) is 0 Å². The first-order valence-electron chi connectivity index (χ1n) is 6.68. The number of benzene rings is 1. The van der Waals surface area contributed by atoms with E-state index in [1.165, 1.54) is 22.5 Å². The summed E-state index contributed by atoms with van der Waals surface area (Å²) in [5.74, 6) is 0. The van der Waals surface area contributed by atoms with Crippen LogP contribution in [0.25, 0.3) is 16.2 Å². The molecule has 2 heterocycles. The van der Waals surface area contributed by atoms with Gasteiger partial charge in [-0.05, 0) is 31.0 Å². The van der Waals surface area contributed by atoms with Crippen LogP contribution in [0.4, 0.5) is 0 Å². The summed E-state index contributed by atoms with van der Waals surface area (Å²) in [5, 5.41) is 15.0. The van der Waals surface area contributed by atoms with Gasteiger partial charge in [-0.2, -0.15) is 5.10 Å². The summed E-state index contributed by atoms with van der Waals surface area (Å²) in [7, 11) is 1.64. The molecule has 0 spiro atoms. The van der Waals surface area contributed by atoms with E-state index < -0.39 is 0 Å². The first-order chi connectivity index (χ1) is 10.1. The van der Waals surface area contributed by atoms with Crippen molar-refractivity contribution in [3.8, 4) is 11.3 Å². The van der Waals surface area contributed by atoms with Crippen LogP contribution in [0.2, 0.25) is 0 Å². The fourth-order valence-electron chi connectivity index (χ4n) is 2.27. The molecule has 6 heteroatoms. The van der Waals surface area contributed by atoms with E-state index in [9.17, 15) is 5.11 Å². The Balaban J connectivity index is 2.13. The topological polar surface area (TPSA) is 59.7 Å². The minimum Gasteiger partial charge on any atom is -0.390 e. The van der Waals surface area contributed by atoms with E-state index >= 15 is 0 Å². The second-order valence-electron chi connectivity index (χ2n) is 4.99. The van der Waals surface area contributed by atoms with Crippen molar-refractivity contribution in [1.82, 2.24) is 14.6 Å². The van der Waals surface area contributed by atoms with Crippen molar-refractivity contribution in [2.75, 3.05) is 7.11 Å². The third kappa shape index (κ3) is 2.46. The van der Waals surface area contributed by atoms with E-state index in [0.29, 0.717) is 12.3 Å². The molecular formula is C15H17N3O2S. The Hall–Kier alpha value is -1.76. The smallest absolute Gasteiger partial charge is 0.213 e. The quantitative estimate of drug-likeness (QED) is 0.805. The lowest BCUT2D eigenvalue weighted by Gasteiger charge is -2.04. The Kier molecular flexibility index (Phi) is 3.75. The molecule has 3 rings (SSSR count). The molecule has 2 aromatic heterocycles. The SMILES string of the molecule is COCc1nn2c(CO)c(-c3ccc(C)c(C)c3)nc2s1. The Morgan fingerprint density at radius 2 is 2.10 bits per heavy atom. The maximum Gasteiger partial charge on any atom is 0.213 e. The summed E-state index contributed by atoms with van der Waals surface area (Å²) >= 11 is 1.48. The van der Waals surface area contributed by atoms with Crippen molar-refractivity contribution >= 4 is 16.3 Å². The highest BCUT2D eigenvalue weighted by Crippen LogP contribution is 2.28. The molecule has 21 heavy (non-hydrogen) atoms. The number of hydrogen-bond acceptors (Lipinski definition) is 5. The molecule has 0 unspecified atom stereocenters. The van der Waals surface area contributed by atoms with Gasteiger partial charge < -0.3 is 9.84 Å². The van der Waals surface area contributed by atoms with Gasteiger partial charge in [0.25, 0.3) is 0 Å². The summed E-state index contributed by atoms with van der Waals surface area (Å²) in [6.07, 6.45) is 0. The van der Waals surface area contributed by atoms with Crippen molar-refractivity contribution in [3.63, 3.8) is 0 Å². The highest BCUT2D eigenvalue weighted by Gasteiger charge is 2.17. The van der Waals surface area contributed by atoms with E-state index in [1.54, 1.807) is 11.6 Å². The Morgan fingerprint density at radius 3 is 2.76 bits per heavy atom. The number of fused-ring (bicyclic) bond motifs is 1. The number of methoxy groups -OCH3 is 1. The van der Waals surface area contributed by atoms with Gasteiger partial charge in [0, 0.05) is 12.7 Å². The van der Waals surface area contributed by atoms with Gasteiger partial charge in [0.05, 0.1) is 24.6 Å². The summed E-state index contributed by atoms with van der Waals surface area (Å²) in [4.78, 5) is 5.41. The average Bonchev–Trinajstić information content (AvgIpc) is 2.99. The first-order valence-corrected chi connectivity index (χ1v) is 7.50. The van der Waals surface area contributed by atoms with Crippen molar-refractivity contribution in [1.29, 1.82) is 0 Å². The molecule has 0 radical (unpaired) electrons. The van der Waals surface area contributed by atoms with Gasteiger partial charge in [0.1, 0.15) is 5.01 Å². The zero-order chi connectivity index (χ0) is 15.0. The predicted octanol–water partition coefficient (Wildman–Crippen LogP) is 2.71. The van der Waals surface area contributed by atoms with E-state index in [4.69, 9.17) is 4.74 Å². The van der Waals surface area contributed by atoms with E-state index in [1.807, 2.05) is 6.07 Å². The van der Waals surface area contributed by atoms with Gasteiger partial charge in [-0.3, -0.25) is 0 Å². The first kappa shape index (κ1) is 14.2. The molecule has 0 saturated heterocycles. The van der Waals surface area contributed by atoms with Gasteiger partial charge in [0.15, 0.2) is 0 Å². The fourth-order valence-corrected chi connectivity index (χ4v) is 3.16. The molecule has 0 aliphatic carbocycles. The summed E-state index contributed by atoms with van der Waals surface area (Å²) < 4.78 is 6.80. The standard InChI is InChI=1S/C15H17N3O2S/c1-9-4-5-11(6-10(9)2)14-12(7-19)18-15(16-14)21-13(17-18)8-20-3/h4-6,19H,7-8H2,1-3H3. The normalized spacial score (nSPS) is 11.4. The molecule has 0 aliphatic rings. The van der Waals surface area contributed by atoms with Crippen LogP contribution >= 0.6 is 11.3 Å². The average molecular weight is 303 g/mol. The molecule has 0 fully saturated rings. The van der Waals surface area contributed by atoms with Crippen LogP contribution in [0.1, 0.15) is 21.8 Å². The Morgan fingerprint density at radius 1 is 1.29 bits per heavy atom. The summed E-state index contributed by atoms with van der Waals surface area (Å²) in [5.41, 5.74) is 4.97. The van der Waals surface area contributed by atoms with Crippen molar-refractivity contribution in [2.45, 2.75) is 27.1 Å². The number of nitrogens with zero attached hydrogens (tertiary/aromatic N) is 3. The van der Waals surface area contributed by atoms with Crippen molar-refractivity contribution < 1.29 is 9.84 Å². The van der Waals surface area contributed by atoms with Crippen LogP contribution < -0.4 is 0 Å². The van der Waals surface area contributed by atoms with Gasteiger partial charge >= 0.3 is 0 Å². The van der Waals surface area contributed by atoms with Crippen LogP contribution in [-0.2, 0) is 18.0 Å². The van der Waals surface area contributed by atoms with Gasteiger partial charge in [0.2, 0.25) is 4.96 Å². The molecule has 1 N–H and O–H groups in total. The van der Waals surface area contributed by atoms with E-state index in [0.717, 1.165) is 21.2 Å². The van der Waals surface area contributed by atoms with E-state index in [-0.39, 0.29) is 6.61 Å². The van der Waals surface area contributed by atoms with E-state index in [2.05, 4.69) is 36.1 Å². The number of imidazole rings is 1. The number of rotatable bonds is 4. The lowest BCUT2D eigenvalue weighted by molar-refractivity contribution is 0.183. The van der Waals surface area contributed by atoms with Crippen molar-refractivity contribution in [3.05, 3.63) is 40.0 Å². The molecule has 0 saturated carbocycles. The maximum atomic E-state index is 9.70. The summed E-state index contributed by atoms with van der Waals surface area (Å²) in [6.45, 7) is 4.51. The number of aryl methyl sites for hydroxylation is 2. The zero-order valence-electron chi connectivity index (χ0n) is 12.3. The maximum absolute atomic E-state index is 9.70. The third-order valence-electron chi connectivity index (χ3n) is 3.54. The largest absolute Gasteiger partial charge is 0.390 e. The molecule has 3 aromatic rings. The van der Waals surface area contributed by atoms with Crippen LogP contribution in [0.3, 0.4) is 0 Å². The number of ether oxygens (including phenoxy) is 1. The second kappa shape index (κ2) is 5.55. The number of aliphatic hydroxyl groups is 1. The molecule has 0 aliphatic heterocycles.